The van der Waals surface area contributed by atoms with Crippen LogP contribution < -0.4 is 0 Å². The molecule has 0 aliphatic carbocycles. The van der Waals surface area contributed by atoms with Crippen molar-refractivity contribution in [3.05, 3.63) is 66.0 Å². The van der Waals surface area contributed by atoms with Crippen molar-refractivity contribution in [1.82, 2.24) is 9.21 Å². The minimum atomic E-state index is -3.58. The highest BCUT2D eigenvalue weighted by Crippen LogP contribution is 2.29. The zero-order valence-corrected chi connectivity index (χ0v) is 18.5. The summed E-state index contributed by atoms with van der Waals surface area (Å²) in [6.45, 7) is 2.48. The van der Waals surface area contributed by atoms with Gasteiger partial charge in [0.2, 0.25) is 10.0 Å². The third kappa shape index (κ3) is 5.16. The number of rotatable bonds is 5. The molecule has 0 saturated carbocycles. The second-order valence-corrected chi connectivity index (χ2v) is 10.5. The Hall–Kier alpha value is -2.49. The van der Waals surface area contributed by atoms with Crippen LogP contribution in [0.1, 0.15) is 12.5 Å². The van der Waals surface area contributed by atoms with Gasteiger partial charge in [-0.05, 0) is 42.0 Å². The molecule has 1 atom stereocenters. The SMILES string of the molecule is CC1CN(C(=O)/C=C/c2ccc(F)cc2)C(=Nc2cccc(S(=O)(=O)N(C)C)c2)S1. The van der Waals surface area contributed by atoms with Gasteiger partial charge in [0, 0.05) is 32.0 Å². The van der Waals surface area contributed by atoms with Gasteiger partial charge in [-0.25, -0.2) is 22.1 Å². The maximum absolute atomic E-state index is 13.0. The summed E-state index contributed by atoms with van der Waals surface area (Å²) in [5.41, 5.74) is 1.17. The van der Waals surface area contributed by atoms with E-state index in [4.69, 9.17) is 0 Å². The van der Waals surface area contributed by atoms with Crippen LogP contribution in [0.3, 0.4) is 0 Å². The number of nitrogens with zero attached hydrogens (tertiary/aromatic N) is 3. The third-order valence-corrected chi connectivity index (χ3v) is 7.24. The summed E-state index contributed by atoms with van der Waals surface area (Å²) in [7, 11) is -0.640. The largest absolute Gasteiger partial charge is 0.287 e. The Labute approximate surface area is 180 Å². The van der Waals surface area contributed by atoms with Crippen LogP contribution >= 0.6 is 11.8 Å². The lowest BCUT2D eigenvalue weighted by atomic mass is 10.2. The molecule has 6 nitrogen and oxygen atoms in total. The molecular formula is C21H22FN3O3S2. The van der Waals surface area contributed by atoms with E-state index in [2.05, 4.69) is 4.99 Å². The lowest BCUT2D eigenvalue weighted by Gasteiger charge is -2.14. The number of amidine groups is 1. The average Bonchev–Trinajstić information content (AvgIpc) is 3.07. The minimum absolute atomic E-state index is 0.138. The number of halogens is 1. The molecule has 158 valence electrons. The van der Waals surface area contributed by atoms with Crippen molar-refractivity contribution >= 4 is 44.6 Å². The van der Waals surface area contributed by atoms with Crippen LogP contribution in [0.4, 0.5) is 10.1 Å². The van der Waals surface area contributed by atoms with Gasteiger partial charge in [-0.15, -0.1) is 0 Å². The first-order valence-corrected chi connectivity index (χ1v) is 11.5. The monoisotopic (exact) mass is 447 g/mol. The Bertz CT molecular complexity index is 1100. The van der Waals surface area contributed by atoms with E-state index in [1.807, 2.05) is 6.92 Å². The van der Waals surface area contributed by atoms with Crippen molar-refractivity contribution in [3.63, 3.8) is 0 Å². The van der Waals surface area contributed by atoms with E-state index in [1.54, 1.807) is 35.2 Å². The van der Waals surface area contributed by atoms with Gasteiger partial charge in [-0.2, -0.15) is 0 Å². The van der Waals surface area contributed by atoms with E-state index < -0.39 is 10.0 Å². The molecule has 9 heteroatoms. The maximum atomic E-state index is 13.0. The lowest BCUT2D eigenvalue weighted by molar-refractivity contribution is -0.122. The number of sulfonamides is 1. The summed E-state index contributed by atoms with van der Waals surface area (Å²) in [6, 6.07) is 12.2. The van der Waals surface area contributed by atoms with Crippen LogP contribution in [-0.2, 0) is 14.8 Å². The van der Waals surface area contributed by atoms with Gasteiger partial charge >= 0.3 is 0 Å². The predicted octanol–water partition coefficient (Wildman–Crippen LogP) is 3.74. The first-order valence-electron chi connectivity index (χ1n) is 9.20. The van der Waals surface area contributed by atoms with Crippen molar-refractivity contribution in [2.24, 2.45) is 4.99 Å². The Morgan fingerprint density at radius 3 is 2.60 bits per heavy atom. The number of benzene rings is 2. The molecule has 1 amide bonds. The maximum Gasteiger partial charge on any atom is 0.252 e. The second kappa shape index (κ2) is 9.11. The number of hydrogen-bond donors (Lipinski definition) is 0. The van der Waals surface area contributed by atoms with Crippen LogP contribution in [0, 0.1) is 5.82 Å². The number of amides is 1. The quantitative estimate of drug-likeness (QED) is 0.655. The van der Waals surface area contributed by atoms with Crippen LogP contribution in [0.15, 0.2) is 64.5 Å². The van der Waals surface area contributed by atoms with Gasteiger partial charge in [0.1, 0.15) is 5.82 Å². The Balaban J connectivity index is 1.85. The summed E-state index contributed by atoms with van der Waals surface area (Å²) in [5, 5.41) is 0.663. The van der Waals surface area contributed by atoms with E-state index in [0.29, 0.717) is 23.0 Å². The molecule has 2 aromatic rings. The Morgan fingerprint density at radius 1 is 1.23 bits per heavy atom. The van der Waals surface area contributed by atoms with Gasteiger partial charge in [-0.1, -0.05) is 36.9 Å². The highest BCUT2D eigenvalue weighted by atomic mass is 32.2. The second-order valence-electron chi connectivity index (χ2n) is 6.94. The van der Waals surface area contributed by atoms with Gasteiger partial charge in [0.05, 0.1) is 10.6 Å². The fourth-order valence-electron chi connectivity index (χ4n) is 2.75. The fraction of sp³-hybridized carbons (Fsp3) is 0.238. The van der Waals surface area contributed by atoms with E-state index in [-0.39, 0.29) is 21.9 Å². The Kier molecular flexibility index (Phi) is 6.74. The topological polar surface area (TPSA) is 70.0 Å². The van der Waals surface area contributed by atoms with Crippen molar-refractivity contribution < 1.29 is 17.6 Å². The standard InChI is InChI=1S/C21H22FN3O3S2/c1-15-14-25(20(26)12-9-16-7-10-17(22)11-8-16)21(29-15)23-18-5-4-6-19(13-18)30(27,28)24(2)3/h4-13,15H,14H2,1-3H3/b12-9+,23-21?. The highest BCUT2D eigenvalue weighted by Gasteiger charge is 2.29. The van der Waals surface area contributed by atoms with Crippen molar-refractivity contribution in [3.8, 4) is 0 Å². The van der Waals surface area contributed by atoms with Crippen LogP contribution in [-0.4, -0.2) is 54.6 Å². The van der Waals surface area contributed by atoms with Crippen LogP contribution in [0.5, 0.6) is 0 Å². The molecule has 0 spiro atoms. The van der Waals surface area contributed by atoms with Gasteiger partial charge in [0.15, 0.2) is 5.17 Å². The molecule has 3 rings (SSSR count). The molecule has 0 aromatic heterocycles. The molecule has 1 fully saturated rings. The van der Waals surface area contributed by atoms with Gasteiger partial charge < -0.3 is 0 Å². The molecule has 2 aromatic carbocycles. The molecule has 1 heterocycles. The molecule has 1 aliphatic heterocycles. The molecular weight excluding hydrogens is 425 g/mol. The lowest BCUT2D eigenvalue weighted by Crippen LogP contribution is -2.30. The van der Waals surface area contributed by atoms with E-state index in [0.717, 1.165) is 4.31 Å². The van der Waals surface area contributed by atoms with Gasteiger partial charge in [0.25, 0.3) is 5.91 Å². The zero-order valence-electron chi connectivity index (χ0n) is 16.8. The van der Waals surface area contributed by atoms with E-state index in [1.165, 1.54) is 56.2 Å². The predicted molar refractivity (Wildman–Crippen MR) is 119 cm³/mol. The molecule has 30 heavy (non-hydrogen) atoms. The summed E-state index contributed by atoms with van der Waals surface area (Å²) in [5.74, 6) is -0.580. The van der Waals surface area contributed by atoms with Crippen molar-refractivity contribution in [2.45, 2.75) is 17.1 Å². The van der Waals surface area contributed by atoms with Crippen molar-refractivity contribution in [2.75, 3.05) is 20.6 Å². The number of aliphatic imine (C=N–C) groups is 1. The normalized spacial score (nSPS) is 18.6. The van der Waals surface area contributed by atoms with Crippen LogP contribution in [0.2, 0.25) is 0 Å². The molecule has 0 N–H and O–H groups in total. The summed E-state index contributed by atoms with van der Waals surface area (Å²) in [4.78, 5) is 18.9. The first kappa shape index (κ1) is 22.2. The smallest absolute Gasteiger partial charge is 0.252 e. The molecule has 1 aliphatic rings. The molecule has 0 radical (unpaired) electrons. The average molecular weight is 448 g/mol. The van der Waals surface area contributed by atoms with E-state index in [9.17, 15) is 17.6 Å². The molecule has 1 unspecified atom stereocenters. The van der Waals surface area contributed by atoms with Gasteiger partial charge in [-0.3, -0.25) is 9.69 Å². The highest BCUT2D eigenvalue weighted by molar-refractivity contribution is 8.14. The first-order chi connectivity index (χ1) is 14.2. The molecule has 0 bridgehead atoms. The summed E-state index contributed by atoms with van der Waals surface area (Å²) < 4.78 is 38.9. The summed E-state index contributed by atoms with van der Waals surface area (Å²) in [6.07, 6.45) is 3.05. The Morgan fingerprint density at radius 2 is 1.93 bits per heavy atom. The zero-order chi connectivity index (χ0) is 21.9. The minimum Gasteiger partial charge on any atom is -0.287 e. The summed E-state index contributed by atoms with van der Waals surface area (Å²) >= 11 is 1.45. The number of thioether (sulfide) groups is 1. The third-order valence-electron chi connectivity index (χ3n) is 4.35. The van der Waals surface area contributed by atoms with Crippen LogP contribution in [0.25, 0.3) is 6.08 Å². The van der Waals surface area contributed by atoms with E-state index >= 15 is 0 Å². The van der Waals surface area contributed by atoms with Crippen molar-refractivity contribution in [1.29, 1.82) is 0 Å². The molecule has 1 saturated heterocycles. The number of carbonyl (C=O) groups excluding carboxylic acids is 1. The number of carbonyl (C=O) groups is 1. The fourth-order valence-corrected chi connectivity index (χ4v) is 4.73. The number of hydrogen-bond acceptors (Lipinski definition) is 5.